The van der Waals surface area contributed by atoms with Gasteiger partial charge in [-0.2, -0.15) is 0 Å². The third-order valence-electron chi connectivity index (χ3n) is 17.1. The van der Waals surface area contributed by atoms with E-state index in [2.05, 4.69) is 207 Å². The second-order valence-corrected chi connectivity index (χ2v) is 35.0. The van der Waals surface area contributed by atoms with E-state index in [9.17, 15) is 50.4 Å². The van der Waals surface area contributed by atoms with Crippen LogP contribution < -0.4 is 59.9 Å². The molecule has 0 saturated carbocycles. The van der Waals surface area contributed by atoms with Crippen LogP contribution in [0.2, 0.25) is 0 Å². The van der Waals surface area contributed by atoms with E-state index in [4.69, 9.17) is 56.8 Å². The summed E-state index contributed by atoms with van der Waals surface area (Å²) in [4.78, 5) is 0. The van der Waals surface area contributed by atoms with Gasteiger partial charge in [-0.25, -0.2) is 0 Å². The van der Waals surface area contributed by atoms with Gasteiger partial charge in [-0.15, -0.1) is 0 Å². The zero-order valence-electron chi connectivity index (χ0n) is 71.2. The molecule has 14 rings (SSSR count). The summed E-state index contributed by atoms with van der Waals surface area (Å²) in [6.45, 7) is 18.7. The van der Waals surface area contributed by atoms with Gasteiger partial charge in [0.05, 0.1) is 107 Å². The quantitative estimate of drug-likeness (QED) is 0.0425. The fraction of sp³-hybridized carbons (Fsp3) is 0.304. The van der Waals surface area contributed by atoms with E-state index in [1.165, 1.54) is 53.9 Å². The Hall–Kier alpha value is -7.88. The summed E-state index contributed by atoms with van der Waals surface area (Å²) in [5.41, 5.74) is 4.74. The fourth-order valence-corrected chi connectivity index (χ4v) is 16.6. The van der Waals surface area contributed by atoms with E-state index in [0.717, 1.165) is 71.0 Å². The average molecular weight is 2210 g/mol. The van der Waals surface area contributed by atoms with Gasteiger partial charge in [0, 0.05) is 70.0 Å². The first-order valence-electron chi connectivity index (χ1n) is 40.0. The number of hydrogen-bond acceptors (Lipinski definition) is 12. The first-order valence-corrected chi connectivity index (χ1v) is 46.7. The minimum Gasteiger partial charge on any atom is -0.491 e. The maximum Gasteiger partial charge on any atom is 1.00 e. The topological polar surface area (TPSA) is 128 Å². The zero-order chi connectivity index (χ0) is 89.8. The molecular weight excluding hydrogens is 2100 g/mol. The average Bonchev–Trinajstić information content (AvgIpc) is 1.60. The molecule has 34 heteroatoms. The van der Waals surface area contributed by atoms with Gasteiger partial charge < -0.3 is 75.1 Å². The van der Waals surface area contributed by atoms with E-state index < -0.39 is 31.5 Å². The molecule has 0 atom stereocenters. The van der Waals surface area contributed by atoms with Crippen molar-refractivity contribution in [1.82, 2.24) is 9.13 Å². The van der Waals surface area contributed by atoms with Crippen LogP contribution in [0.4, 0.5) is 50.4 Å². The van der Waals surface area contributed by atoms with E-state index in [-0.39, 0.29) is 44.8 Å². The summed E-state index contributed by atoms with van der Waals surface area (Å²) in [5, 5.41) is 12.3. The van der Waals surface area contributed by atoms with Crippen LogP contribution in [0.15, 0.2) is 267 Å². The molecule has 8 bridgehead atoms. The van der Waals surface area contributed by atoms with Crippen LogP contribution in [0, 0.1) is 12.7 Å². The van der Waals surface area contributed by atoms with Crippen molar-refractivity contribution >= 4 is 107 Å². The molecule has 2 aromatic heterocycles. The molecule has 0 N–H and O–H groups in total. The van der Waals surface area contributed by atoms with E-state index in [0.29, 0.717) is 106 Å². The van der Waals surface area contributed by atoms with Crippen molar-refractivity contribution in [2.24, 2.45) is 28.2 Å². The number of fused-ring (bicyclic) bond motifs is 2. The molecule has 1 aliphatic heterocycles. The van der Waals surface area contributed by atoms with Crippen molar-refractivity contribution in [2.45, 2.75) is 27.7 Å². The molecule has 13 aromatic rings. The van der Waals surface area contributed by atoms with Crippen molar-refractivity contribution in [3.05, 3.63) is 280 Å². The van der Waals surface area contributed by atoms with E-state index >= 15 is 0 Å². The Morgan fingerprint density at radius 1 is 0.286 bits per heavy atom. The second-order valence-electron chi connectivity index (χ2n) is 26.7. The molecule has 16 nitrogen and oxygen atoms in total. The van der Waals surface area contributed by atoms with Crippen LogP contribution in [-0.2, 0) is 111 Å². The molecule has 0 amide bonds. The standard InChI is InChI=1S/C36H44O10.2C18H15P.C12H14N4.2C4H10O.2Au.2F6P/c1-5-29-30-6-2-10-34(29)44-26-22-40-18-14-38-16-20-42-24-28-46-36-12-4-7-31-32(36)8-3-11-35(31)45-27-23-41-19-15-37-13-17-39-21-25-43-33(30)9-1;2*1-4-10-16(11-5-1)19(17-12-6-2-7-13-17)18-14-8-3-9-15-18;1-13-7-14(2)10-6-12-11(5-9(10)13)15(3)8-16(12)4;2*1-3-5-4-2;;;2*1-7(2,3,4,5)6/h1-12H,13-28H2;2*1-15H;5-6H,1-4H3;2*3-4H2,1-2H3;;;;/q;;;;;;2*+1;2*-1. The predicted molar refractivity (Wildman–Crippen MR) is 476 cm³/mol. The van der Waals surface area contributed by atoms with Gasteiger partial charge in [-0.05, 0) is 99.6 Å². The summed E-state index contributed by atoms with van der Waals surface area (Å²) in [5.74, 6) is 3.15. The summed E-state index contributed by atoms with van der Waals surface area (Å²) in [6, 6.07) is 92.8. The number of rotatable bonds is 10. The van der Waals surface area contributed by atoms with Gasteiger partial charge in [0.15, 0.2) is 0 Å². The number of aryl methyl sites for hydroxylation is 4. The van der Waals surface area contributed by atoms with Gasteiger partial charge in [0.25, 0.3) is 0 Å². The molecular formula is C92H108Au2F12N4O12P4. The van der Waals surface area contributed by atoms with Crippen molar-refractivity contribution < 1.29 is 161 Å². The first kappa shape index (κ1) is 109. The van der Waals surface area contributed by atoms with Crippen molar-refractivity contribution in [3.63, 3.8) is 0 Å². The van der Waals surface area contributed by atoms with E-state index in [1.807, 2.05) is 147 Å². The third-order valence-corrected chi connectivity index (χ3v) is 22.0. The summed E-state index contributed by atoms with van der Waals surface area (Å²) < 4.78 is 194. The maximum absolute atomic E-state index is 10.7. The molecule has 11 aromatic carbocycles. The van der Waals surface area contributed by atoms with Gasteiger partial charge in [0.1, 0.15) is 49.4 Å². The number of nitrogens with zero attached hydrogens (tertiary/aromatic N) is 4. The summed E-state index contributed by atoms with van der Waals surface area (Å²) >= 11 is 0. The molecule has 0 radical (unpaired) electrons. The van der Waals surface area contributed by atoms with Gasteiger partial charge in [0.2, 0.25) is 12.7 Å². The monoisotopic (exact) mass is 2210 g/mol. The van der Waals surface area contributed by atoms with Crippen molar-refractivity contribution in [2.75, 3.05) is 132 Å². The van der Waals surface area contributed by atoms with Crippen LogP contribution in [0.1, 0.15) is 27.7 Å². The number of ether oxygens (including phenoxy) is 12. The molecule has 1 aliphatic rings. The summed E-state index contributed by atoms with van der Waals surface area (Å²) in [6.07, 6.45) is 6.45. The summed E-state index contributed by atoms with van der Waals surface area (Å²) in [7, 11) is -14.1. The maximum atomic E-state index is 9.87. The SMILES string of the molecule is CCOCC.CCOCC.Cn1[c-][n+](C)c2cc3c(cc21)[n+](C)[c-]n3C.F[P-](F)(F)(F)(F)F.F[P-](F)(F)(F)(F)F.[Au+].[Au+].c1cc2c3cccc(c3c1)OCCOCCOCCOCCOc1cccc3c(cccc13)OCCOCCOCCOCCO2.c1ccc(P(c2ccccc2)c2ccccc2)cc1.c1ccc(P(c2ccccc2)c2ccccc2)cc1. The molecule has 694 valence electrons. The molecule has 0 saturated heterocycles. The minimum absolute atomic E-state index is 0. The Balaban J connectivity index is 0.000000292. The molecule has 0 aliphatic carbocycles. The Labute approximate surface area is 762 Å². The molecule has 126 heavy (non-hydrogen) atoms. The Morgan fingerprint density at radius 3 is 0.627 bits per heavy atom. The normalized spacial score (nSPS) is 14.5. The zero-order valence-corrected chi connectivity index (χ0v) is 79.1. The van der Waals surface area contributed by atoms with Gasteiger partial charge in [-0.3, -0.25) is 0 Å². The second kappa shape index (κ2) is 53.3. The Bertz CT molecular complexity index is 4530. The van der Waals surface area contributed by atoms with E-state index in [1.54, 1.807) is 0 Å². The number of imidazole rings is 2. The van der Waals surface area contributed by atoms with Gasteiger partial charge >= 0.3 is 111 Å². The van der Waals surface area contributed by atoms with Crippen molar-refractivity contribution in [3.8, 4) is 23.0 Å². The largest absolute Gasteiger partial charge is 1.00 e. The molecule has 0 spiro atoms. The third kappa shape index (κ3) is 43.5. The molecule has 3 heterocycles. The number of benzene rings is 11. The smallest absolute Gasteiger partial charge is 0.491 e. The van der Waals surface area contributed by atoms with Crippen LogP contribution in [0.3, 0.4) is 0 Å². The first-order chi connectivity index (χ1) is 59.1. The van der Waals surface area contributed by atoms with Crippen LogP contribution in [0.25, 0.3) is 43.6 Å². The number of hydrogen-bond donors (Lipinski definition) is 0. The number of aromatic nitrogens is 4. The Kier molecular flexibility index (Phi) is 46.0. The number of halogens is 12. The fourth-order valence-electron chi connectivity index (χ4n) is 12.0. The van der Waals surface area contributed by atoms with Gasteiger partial charge in [-0.1, -0.05) is 243 Å². The van der Waals surface area contributed by atoms with Crippen molar-refractivity contribution in [1.29, 1.82) is 0 Å². The van der Waals surface area contributed by atoms with Crippen LogP contribution in [-0.4, -0.2) is 141 Å². The predicted octanol–water partition coefficient (Wildman–Crippen LogP) is 21.0. The van der Waals surface area contributed by atoms with Crippen LogP contribution in [0.5, 0.6) is 23.0 Å². The van der Waals surface area contributed by atoms with Crippen LogP contribution >= 0.6 is 31.5 Å². The minimum atomic E-state index is -10.7. The Morgan fingerprint density at radius 2 is 0.460 bits per heavy atom. The molecule has 0 fully saturated rings. The molecule has 0 unspecified atom stereocenters.